The maximum atomic E-state index is 12.7. The standard InChI is InChI=1S/C20H22N4O5S2/c1-12-4-6-14(11-17(12)31(21,27)28)22-18(25)13-5-7-15-16(10-13)23-20(30)24(19(15)26)8-3-9-29-2/h4-7,10-11H,3,8-9H2,1-2H3,(H,22,25)(H,23,30)(H2,21,27,28). The highest BCUT2D eigenvalue weighted by molar-refractivity contribution is 7.89. The lowest BCUT2D eigenvalue weighted by molar-refractivity contribution is 0.102. The van der Waals surface area contributed by atoms with Crippen LogP contribution in [0, 0.1) is 11.7 Å². The zero-order valence-electron chi connectivity index (χ0n) is 17.0. The Balaban J connectivity index is 1.92. The van der Waals surface area contributed by atoms with Crippen molar-refractivity contribution in [2.45, 2.75) is 24.8 Å². The molecule has 31 heavy (non-hydrogen) atoms. The number of amides is 1. The number of aryl methyl sites for hydroxylation is 1. The van der Waals surface area contributed by atoms with Crippen molar-refractivity contribution < 1.29 is 17.9 Å². The van der Waals surface area contributed by atoms with Crippen LogP contribution < -0.4 is 16.0 Å². The number of fused-ring (bicyclic) bond motifs is 1. The Bertz CT molecular complexity index is 1380. The molecule has 0 radical (unpaired) electrons. The number of rotatable bonds is 7. The van der Waals surface area contributed by atoms with Crippen molar-refractivity contribution in [1.82, 2.24) is 9.55 Å². The van der Waals surface area contributed by atoms with Crippen molar-refractivity contribution in [1.29, 1.82) is 0 Å². The molecule has 1 aromatic heterocycles. The molecule has 4 N–H and O–H groups in total. The number of sulfonamides is 1. The van der Waals surface area contributed by atoms with E-state index in [0.29, 0.717) is 36.0 Å². The number of primary sulfonamides is 1. The van der Waals surface area contributed by atoms with Gasteiger partial charge in [-0.1, -0.05) is 6.07 Å². The molecular formula is C20H22N4O5S2. The third kappa shape index (κ3) is 5.07. The number of ether oxygens (including phenoxy) is 1. The molecule has 0 aliphatic carbocycles. The van der Waals surface area contributed by atoms with Crippen molar-refractivity contribution >= 4 is 44.7 Å². The lowest BCUT2D eigenvalue weighted by Crippen LogP contribution is -2.23. The number of nitrogens with one attached hydrogen (secondary N) is 2. The Morgan fingerprint density at radius 1 is 1.26 bits per heavy atom. The summed E-state index contributed by atoms with van der Waals surface area (Å²) >= 11 is 5.29. The van der Waals surface area contributed by atoms with E-state index in [1.807, 2.05) is 0 Å². The van der Waals surface area contributed by atoms with Gasteiger partial charge < -0.3 is 15.0 Å². The first-order valence-corrected chi connectivity index (χ1v) is 11.3. The van der Waals surface area contributed by atoms with Gasteiger partial charge in [0.15, 0.2) is 4.77 Å². The highest BCUT2D eigenvalue weighted by Gasteiger charge is 2.15. The van der Waals surface area contributed by atoms with Crippen LogP contribution in [0.15, 0.2) is 46.1 Å². The topological polar surface area (TPSA) is 136 Å². The summed E-state index contributed by atoms with van der Waals surface area (Å²) in [6.45, 7) is 2.53. The molecule has 2 aromatic carbocycles. The van der Waals surface area contributed by atoms with Crippen LogP contribution in [0.25, 0.3) is 10.9 Å². The number of carbonyl (C=O) groups is 1. The van der Waals surface area contributed by atoms with E-state index in [-0.39, 0.29) is 26.5 Å². The molecule has 0 aliphatic heterocycles. The summed E-state index contributed by atoms with van der Waals surface area (Å²) in [5.41, 5.74) is 1.20. The van der Waals surface area contributed by atoms with Gasteiger partial charge in [0.05, 0.1) is 15.8 Å². The number of hydrogen-bond donors (Lipinski definition) is 3. The summed E-state index contributed by atoms with van der Waals surface area (Å²) in [5.74, 6) is -0.477. The number of aromatic amines is 1. The average Bonchev–Trinajstić information content (AvgIpc) is 2.70. The number of benzene rings is 2. The molecule has 1 amide bonds. The Labute approximate surface area is 183 Å². The van der Waals surface area contributed by atoms with Gasteiger partial charge in [-0.3, -0.25) is 14.2 Å². The monoisotopic (exact) mass is 462 g/mol. The molecule has 0 spiro atoms. The maximum Gasteiger partial charge on any atom is 0.262 e. The van der Waals surface area contributed by atoms with E-state index in [1.165, 1.54) is 22.8 Å². The predicted octanol–water partition coefficient (Wildman–Crippen LogP) is 2.30. The second-order valence-corrected chi connectivity index (χ2v) is 8.89. The van der Waals surface area contributed by atoms with Crippen LogP contribution in [0.3, 0.4) is 0 Å². The zero-order valence-corrected chi connectivity index (χ0v) is 18.6. The smallest absolute Gasteiger partial charge is 0.262 e. The number of carbonyl (C=O) groups excluding carboxylic acids is 1. The lowest BCUT2D eigenvalue weighted by Gasteiger charge is -2.11. The quantitative estimate of drug-likeness (QED) is 0.364. The molecule has 0 unspecified atom stereocenters. The van der Waals surface area contributed by atoms with E-state index in [0.717, 1.165) is 0 Å². The Morgan fingerprint density at radius 2 is 2.00 bits per heavy atom. The maximum absolute atomic E-state index is 12.7. The van der Waals surface area contributed by atoms with Crippen LogP contribution in [0.2, 0.25) is 0 Å². The minimum atomic E-state index is -3.92. The fraction of sp³-hybridized carbons (Fsp3) is 0.250. The fourth-order valence-electron chi connectivity index (χ4n) is 3.15. The largest absolute Gasteiger partial charge is 0.385 e. The van der Waals surface area contributed by atoms with Crippen LogP contribution in [0.5, 0.6) is 0 Å². The third-order valence-electron chi connectivity index (χ3n) is 4.73. The number of nitrogens with two attached hydrogens (primary N) is 1. The van der Waals surface area contributed by atoms with E-state index in [1.54, 1.807) is 32.2 Å². The van der Waals surface area contributed by atoms with Gasteiger partial charge in [-0.2, -0.15) is 0 Å². The molecule has 3 rings (SSSR count). The molecule has 0 atom stereocenters. The lowest BCUT2D eigenvalue weighted by atomic mass is 10.1. The molecule has 11 heteroatoms. The average molecular weight is 463 g/mol. The van der Waals surface area contributed by atoms with Gasteiger partial charge in [0.2, 0.25) is 10.0 Å². The predicted molar refractivity (Wildman–Crippen MR) is 120 cm³/mol. The summed E-state index contributed by atoms with van der Waals surface area (Å²) < 4.78 is 30.1. The van der Waals surface area contributed by atoms with E-state index in [2.05, 4.69) is 10.3 Å². The normalized spacial score (nSPS) is 11.6. The highest BCUT2D eigenvalue weighted by atomic mass is 32.2. The van der Waals surface area contributed by atoms with E-state index >= 15 is 0 Å². The van der Waals surface area contributed by atoms with Gasteiger partial charge in [0, 0.05) is 31.5 Å². The van der Waals surface area contributed by atoms with Crippen molar-refractivity contribution in [3.63, 3.8) is 0 Å². The molecule has 0 fully saturated rings. The van der Waals surface area contributed by atoms with Gasteiger partial charge in [-0.05, 0) is 61.5 Å². The minimum absolute atomic E-state index is 0.0677. The first-order chi connectivity index (χ1) is 14.6. The number of H-pyrrole nitrogens is 1. The summed E-state index contributed by atoms with van der Waals surface area (Å²) in [4.78, 5) is 28.3. The molecule has 0 bridgehead atoms. The van der Waals surface area contributed by atoms with Gasteiger partial charge in [0.25, 0.3) is 11.5 Å². The molecule has 0 aliphatic rings. The van der Waals surface area contributed by atoms with Crippen LogP contribution in [-0.4, -0.2) is 37.6 Å². The first kappa shape index (κ1) is 22.8. The van der Waals surface area contributed by atoms with Crippen LogP contribution in [0.4, 0.5) is 5.69 Å². The van der Waals surface area contributed by atoms with Crippen LogP contribution in [-0.2, 0) is 21.3 Å². The minimum Gasteiger partial charge on any atom is -0.385 e. The summed E-state index contributed by atoms with van der Waals surface area (Å²) in [5, 5.41) is 8.26. The summed E-state index contributed by atoms with van der Waals surface area (Å²) in [7, 11) is -2.33. The van der Waals surface area contributed by atoms with E-state index < -0.39 is 15.9 Å². The number of nitrogens with zero attached hydrogens (tertiary/aromatic N) is 1. The second kappa shape index (κ2) is 9.10. The van der Waals surface area contributed by atoms with E-state index in [4.69, 9.17) is 22.1 Å². The van der Waals surface area contributed by atoms with Gasteiger partial charge >= 0.3 is 0 Å². The summed E-state index contributed by atoms with van der Waals surface area (Å²) in [6, 6.07) is 9.03. The van der Waals surface area contributed by atoms with Crippen molar-refractivity contribution in [3.05, 3.63) is 62.6 Å². The van der Waals surface area contributed by atoms with Gasteiger partial charge in [-0.25, -0.2) is 13.6 Å². The third-order valence-corrected chi connectivity index (χ3v) is 6.10. The fourth-order valence-corrected chi connectivity index (χ4v) is 4.25. The molecule has 1 heterocycles. The van der Waals surface area contributed by atoms with Gasteiger partial charge in [0.1, 0.15) is 0 Å². The Kier molecular flexibility index (Phi) is 6.70. The van der Waals surface area contributed by atoms with Crippen molar-refractivity contribution in [2.24, 2.45) is 5.14 Å². The van der Waals surface area contributed by atoms with Crippen molar-refractivity contribution in [3.8, 4) is 0 Å². The molecular weight excluding hydrogens is 440 g/mol. The first-order valence-electron chi connectivity index (χ1n) is 9.32. The summed E-state index contributed by atoms with van der Waals surface area (Å²) in [6.07, 6.45) is 0.636. The highest BCUT2D eigenvalue weighted by Crippen LogP contribution is 2.20. The number of hydrogen-bond acceptors (Lipinski definition) is 6. The molecule has 164 valence electrons. The molecule has 9 nitrogen and oxygen atoms in total. The van der Waals surface area contributed by atoms with Crippen molar-refractivity contribution in [2.75, 3.05) is 19.0 Å². The Morgan fingerprint density at radius 3 is 2.68 bits per heavy atom. The number of anilines is 1. The molecule has 3 aromatic rings. The Hall–Kier alpha value is -2.86. The SMILES string of the molecule is COCCCn1c(=S)[nH]c2cc(C(=O)Nc3ccc(C)c(S(N)(=O)=O)c3)ccc2c1=O. The zero-order chi connectivity index (χ0) is 22.8. The molecule has 0 saturated carbocycles. The number of aromatic nitrogens is 2. The van der Waals surface area contributed by atoms with E-state index in [9.17, 15) is 18.0 Å². The number of methoxy groups -OCH3 is 1. The van der Waals surface area contributed by atoms with Gasteiger partial charge in [-0.15, -0.1) is 0 Å². The van der Waals surface area contributed by atoms with Crippen LogP contribution in [0.1, 0.15) is 22.3 Å². The molecule has 0 saturated heterocycles. The van der Waals surface area contributed by atoms with Crippen LogP contribution >= 0.6 is 12.2 Å². The second-order valence-electron chi connectivity index (χ2n) is 6.97.